The molecule has 0 aromatic heterocycles. The van der Waals surface area contributed by atoms with Crippen molar-refractivity contribution in [1.82, 2.24) is 0 Å². The molecule has 0 amide bonds. The fourth-order valence-corrected chi connectivity index (χ4v) is 3.11. The predicted octanol–water partition coefficient (Wildman–Crippen LogP) is 5.23. The molecule has 3 heteroatoms. The number of halogens is 1. The second-order valence-corrected chi connectivity index (χ2v) is 6.81. The molecule has 1 atom stereocenters. The molecule has 1 fully saturated rings. The Labute approximate surface area is 132 Å². The lowest BCUT2D eigenvalue weighted by Crippen LogP contribution is -2.11. The van der Waals surface area contributed by atoms with E-state index < -0.39 is 0 Å². The van der Waals surface area contributed by atoms with Gasteiger partial charge in [-0.1, -0.05) is 49.2 Å². The van der Waals surface area contributed by atoms with Crippen LogP contribution in [0, 0.1) is 5.92 Å². The van der Waals surface area contributed by atoms with Gasteiger partial charge in [-0.25, -0.2) is 0 Å². The van der Waals surface area contributed by atoms with Gasteiger partial charge in [-0.2, -0.15) is 0 Å². The molecule has 20 heavy (non-hydrogen) atoms. The molecule has 0 N–H and O–H groups in total. The SMILES string of the molecule is CCC/C=C1/C(=C(\Br)CCCOC)COC1CC(C)C. The summed E-state index contributed by atoms with van der Waals surface area (Å²) in [7, 11) is 1.75. The number of hydrogen-bond acceptors (Lipinski definition) is 2. The highest BCUT2D eigenvalue weighted by Gasteiger charge is 2.28. The largest absolute Gasteiger partial charge is 0.385 e. The highest BCUT2D eigenvalue weighted by molar-refractivity contribution is 9.11. The predicted molar refractivity (Wildman–Crippen MR) is 89.2 cm³/mol. The molecule has 1 aliphatic heterocycles. The van der Waals surface area contributed by atoms with Crippen LogP contribution in [0.15, 0.2) is 21.7 Å². The van der Waals surface area contributed by atoms with E-state index in [4.69, 9.17) is 9.47 Å². The van der Waals surface area contributed by atoms with E-state index in [1.54, 1.807) is 7.11 Å². The van der Waals surface area contributed by atoms with Crippen molar-refractivity contribution in [2.75, 3.05) is 20.3 Å². The van der Waals surface area contributed by atoms with Gasteiger partial charge in [0.15, 0.2) is 0 Å². The first-order chi connectivity index (χ1) is 9.60. The maximum absolute atomic E-state index is 6.03. The molecule has 0 aliphatic carbocycles. The number of ether oxygens (including phenoxy) is 2. The number of hydrogen-bond donors (Lipinski definition) is 0. The summed E-state index contributed by atoms with van der Waals surface area (Å²) >= 11 is 3.76. The minimum atomic E-state index is 0.284. The molecule has 0 aromatic rings. The molecule has 0 saturated carbocycles. The summed E-state index contributed by atoms with van der Waals surface area (Å²) in [6, 6.07) is 0. The Balaban J connectivity index is 2.80. The monoisotopic (exact) mass is 344 g/mol. The van der Waals surface area contributed by atoms with Crippen molar-refractivity contribution < 1.29 is 9.47 Å². The number of unbranched alkanes of at least 4 members (excludes halogenated alkanes) is 1. The molecule has 116 valence electrons. The summed E-state index contributed by atoms with van der Waals surface area (Å²) < 4.78 is 12.5. The van der Waals surface area contributed by atoms with Crippen LogP contribution in [0.5, 0.6) is 0 Å². The average Bonchev–Trinajstić information content (AvgIpc) is 2.78. The van der Waals surface area contributed by atoms with Crippen LogP contribution in [0.4, 0.5) is 0 Å². The van der Waals surface area contributed by atoms with E-state index in [9.17, 15) is 0 Å². The lowest BCUT2D eigenvalue weighted by molar-refractivity contribution is 0.112. The molecule has 0 spiro atoms. The number of methoxy groups -OCH3 is 1. The van der Waals surface area contributed by atoms with Gasteiger partial charge in [0.2, 0.25) is 0 Å². The summed E-state index contributed by atoms with van der Waals surface area (Å²) in [6.45, 7) is 8.31. The summed E-state index contributed by atoms with van der Waals surface area (Å²) in [5.74, 6) is 0.664. The fourth-order valence-electron chi connectivity index (χ4n) is 2.49. The van der Waals surface area contributed by atoms with E-state index in [0.29, 0.717) is 5.92 Å². The van der Waals surface area contributed by atoms with Crippen LogP contribution in [-0.2, 0) is 9.47 Å². The summed E-state index contributed by atoms with van der Waals surface area (Å²) in [5, 5.41) is 0. The van der Waals surface area contributed by atoms with E-state index >= 15 is 0 Å². The van der Waals surface area contributed by atoms with Gasteiger partial charge in [0.25, 0.3) is 0 Å². The van der Waals surface area contributed by atoms with Crippen molar-refractivity contribution in [2.24, 2.45) is 5.92 Å². The molecule has 0 aromatic carbocycles. The van der Waals surface area contributed by atoms with Crippen LogP contribution in [0.25, 0.3) is 0 Å². The first-order valence-electron chi connectivity index (χ1n) is 7.78. The van der Waals surface area contributed by atoms with Crippen molar-refractivity contribution in [1.29, 1.82) is 0 Å². The van der Waals surface area contributed by atoms with Crippen LogP contribution < -0.4 is 0 Å². The zero-order valence-corrected chi connectivity index (χ0v) is 15.0. The van der Waals surface area contributed by atoms with E-state index in [0.717, 1.165) is 38.9 Å². The van der Waals surface area contributed by atoms with Gasteiger partial charge in [-0.05, 0) is 42.7 Å². The smallest absolute Gasteiger partial charge is 0.0832 e. The highest BCUT2D eigenvalue weighted by Crippen LogP contribution is 2.35. The molecule has 0 radical (unpaired) electrons. The average molecular weight is 345 g/mol. The van der Waals surface area contributed by atoms with Crippen LogP contribution in [0.1, 0.15) is 52.9 Å². The Bertz CT molecular complexity index is 345. The molecule has 0 bridgehead atoms. The lowest BCUT2D eigenvalue weighted by atomic mass is 9.95. The van der Waals surface area contributed by atoms with Crippen molar-refractivity contribution in [3.8, 4) is 0 Å². The van der Waals surface area contributed by atoms with Crippen molar-refractivity contribution in [3.63, 3.8) is 0 Å². The summed E-state index contributed by atoms with van der Waals surface area (Å²) in [6.07, 6.45) is 8.18. The van der Waals surface area contributed by atoms with Crippen LogP contribution in [-0.4, -0.2) is 26.4 Å². The van der Waals surface area contributed by atoms with Crippen molar-refractivity contribution in [3.05, 3.63) is 21.7 Å². The highest BCUT2D eigenvalue weighted by atomic mass is 79.9. The fraction of sp³-hybridized carbons (Fsp3) is 0.765. The first kappa shape index (κ1) is 17.9. The molecular formula is C17H29BrO2. The molecular weight excluding hydrogens is 316 g/mol. The minimum Gasteiger partial charge on any atom is -0.385 e. The third-order valence-electron chi connectivity index (χ3n) is 3.53. The minimum absolute atomic E-state index is 0.284. The van der Waals surface area contributed by atoms with Gasteiger partial charge in [0.05, 0.1) is 12.7 Å². The van der Waals surface area contributed by atoms with Crippen LogP contribution in [0.2, 0.25) is 0 Å². The molecule has 1 saturated heterocycles. The Kier molecular flexibility index (Phi) is 8.74. The van der Waals surface area contributed by atoms with Crippen molar-refractivity contribution >= 4 is 15.9 Å². The summed E-state index contributed by atoms with van der Waals surface area (Å²) in [4.78, 5) is 0. The van der Waals surface area contributed by atoms with Gasteiger partial charge in [0, 0.05) is 18.2 Å². The summed E-state index contributed by atoms with van der Waals surface area (Å²) in [5.41, 5.74) is 2.80. The standard InChI is InChI=1S/C17H29BrO2/c1-5-6-8-14-15(16(18)9-7-10-19-4)12-20-17(14)11-13(2)3/h8,13,17H,5-7,9-12H2,1-4H3/b14-8-,16-15-. The zero-order valence-electron chi connectivity index (χ0n) is 13.4. The second kappa shape index (κ2) is 9.75. The molecule has 1 heterocycles. The second-order valence-electron chi connectivity index (χ2n) is 5.86. The molecule has 1 rings (SSSR count). The van der Waals surface area contributed by atoms with Crippen molar-refractivity contribution in [2.45, 2.75) is 59.0 Å². The van der Waals surface area contributed by atoms with Gasteiger partial charge < -0.3 is 9.47 Å². The first-order valence-corrected chi connectivity index (χ1v) is 8.57. The van der Waals surface area contributed by atoms with E-state index in [-0.39, 0.29) is 6.10 Å². The maximum Gasteiger partial charge on any atom is 0.0832 e. The van der Waals surface area contributed by atoms with Crippen LogP contribution in [0.3, 0.4) is 0 Å². The van der Waals surface area contributed by atoms with Crippen LogP contribution >= 0.6 is 15.9 Å². The van der Waals surface area contributed by atoms with Gasteiger partial charge in [-0.3, -0.25) is 0 Å². The lowest BCUT2D eigenvalue weighted by Gasteiger charge is -2.14. The van der Waals surface area contributed by atoms with E-state index in [2.05, 4.69) is 42.8 Å². The van der Waals surface area contributed by atoms with Gasteiger partial charge in [-0.15, -0.1) is 0 Å². The third-order valence-corrected chi connectivity index (χ3v) is 4.41. The van der Waals surface area contributed by atoms with E-state index in [1.807, 2.05) is 0 Å². The molecule has 2 nitrogen and oxygen atoms in total. The Hall–Kier alpha value is -0.120. The molecule has 1 unspecified atom stereocenters. The maximum atomic E-state index is 6.03. The topological polar surface area (TPSA) is 18.5 Å². The Morgan fingerprint density at radius 2 is 2.25 bits per heavy atom. The number of allylic oxidation sites excluding steroid dienone is 2. The molecule has 1 aliphatic rings. The normalized spacial score (nSPS) is 23.9. The quantitative estimate of drug-likeness (QED) is 0.561. The number of rotatable bonds is 8. The third kappa shape index (κ3) is 5.71. The Morgan fingerprint density at radius 1 is 1.50 bits per heavy atom. The van der Waals surface area contributed by atoms with Gasteiger partial charge >= 0.3 is 0 Å². The Morgan fingerprint density at radius 3 is 2.85 bits per heavy atom. The van der Waals surface area contributed by atoms with E-state index in [1.165, 1.54) is 22.0 Å². The van der Waals surface area contributed by atoms with Gasteiger partial charge in [0.1, 0.15) is 0 Å². The zero-order chi connectivity index (χ0) is 15.0.